The Bertz CT molecular complexity index is 145. The second-order valence-corrected chi connectivity index (χ2v) is 3.83. The standard InChI is InChI=1S/C5H.3C3H7O.Zr/c1-2-4-5-3-1;3*1-3(2)4;/h1H;3*3H,1-2H3;/q-5;3*-1;+4. The third-order valence-corrected chi connectivity index (χ3v) is 0.351. The zero-order valence-corrected chi connectivity index (χ0v) is 14.5. The van der Waals surface area contributed by atoms with E-state index in [-0.39, 0.29) is 26.2 Å². The molecule has 0 heterocycles. The summed E-state index contributed by atoms with van der Waals surface area (Å²) in [6.07, 6.45) is -1.25. The molecule has 0 aliphatic rings. The van der Waals surface area contributed by atoms with Gasteiger partial charge < -0.3 is 45.7 Å². The van der Waals surface area contributed by atoms with Crippen LogP contribution in [0.5, 0.6) is 0 Å². The topological polar surface area (TPSA) is 69.2 Å². The van der Waals surface area contributed by atoms with Crippen molar-refractivity contribution in [1.29, 1.82) is 0 Å². The maximum atomic E-state index is 9.53. The molecule has 0 fully saturated rings. The van der Waals surface area contributed by atoms with Gasteiger partial charge in [-0.25, -0.2) is 0 Å². The molecule has 0 N–H and O–H groups in total. The molecule has 0 atom stereocenters. The van der Waals surface area contributed by atoms with Gasteiger partial charge in [0, 0.05) is 0 Å². The molecular weight excluding hydrogens is 307 g/mol. The fraction of sp³-hybridized carbons (Fsp3) is 0.643. The Morgan fingerprint density at radius 3 is 0.889 bits per heavy atom. The van der Waals surface area contributed by atoms with Crippen molar-refractivity contribution in [2.75, 3.05) is 0 Å². The molecule has 4 heteroatoms. The molecule has 0 aliphatic heterocycles. The molecule has 0 amide bonds. The zero-order valence-electron chi connectivity index (χ0n) is 12.0. The van der Waals surface area contributed by atoms with Gasteiger partial charge in [-0.3, -0.25) is 0 Å². The van der Waals surface area contributed by atoms with Gasteiger partial charge in [0.25, 0.3) is 0 Å². The number of hydrogen-bond acceptors (Lipinski definition) is 3. The van der Waals surface area contributed by atoms with Crippen molar-refractivity contribution >= 4 is 0 Å². The second kappa shape index (κ2) is 22.3. The van der Waals surface area contributed by atoms with E-state index in [2.05, 4.69) is 24.3 Å². The van der Waals surface area contributed by atoms with Crippen LogP contribution >= 0.6 is 0 Å². The zero-order chi connectivity index (χ0) is 14.3. The van der Waals surface area contributed by atoms with E-state index < -0.39 is 18.3 Å². The molecule has 0 unspecified atom stereocenters. The average molecular weight is 330 g/mol. The Hall–Kier alpha value is 0.113. The van der Waals surface area contributed by atoms with Gasteiger partial charge in [0.05, 0.1) is 0 Å². The molecule has 1 rings (SSSR count). The molecule has 0 saturated carbocycles. The van der Waals surface area contributed by atoms with Gasteiger partial charge in [-0.1, -0.05) is 41.5 Å². The summed E-state index contributed by atoms with van der Waals surface area (Å²) in [7, 11) is 0. The first-order valence-electron chi connectivity index (χ1n) is 5.50. The summed E-state index contributed by atoms with van der Waals surface area (Å²) in [4.78, 5) is 0. The van der Waals surface area contributed by atoms with Gasteiger partial charge in [0.1, 0.15) is 0 Å². The molecule has 0 radical (unpaired) electrons. The van der Waals surface area contributed by atoms with Gasteiger partial charge in [0.15, 0.2) is 0 Å². The van der Waals surface area contributed by atoms with E-state index in [1.54, 1.807) is 47.6 Å². The van der Waals surface area contributed by atoms with Crippen molar-refractivity contribution in [3.05, 3.63) is 30.3 Å². The van der Waals surface area contributed by atoms with E-state index in [0.29, 0.717) is 0 Å². The van der Waals surface area contributed by atoms with Gasteiger partial charge >= 0.3 is 26.2 Å². The summed E-state index contributed by atoms with van der Waals surface area (Å²) >= 11 is 0. The Labute approximate surface area is 131 Å². The Morgan fingerprint density at radius 1 is 0.667 bits per heavy atom. The summed E-state index contributed by atoms with van der Waals surface area (Å²) in [5, 5.41) is 28.6. The molecular formula is C14H22O3Zr-4. The molecule has 0 aliphatic carbocycles. The summed E-state index contributed by atoms with van der Waals surface area (Å²) in [6, 6.07) is 12.0. The quantitative estimate of drug-likeness (QED) is 0.623. The van der Waals surface area contributed by atoms with Crippen LogP contribution in [0.25, 0.3) is 0 Å². The average Bonchev–Trinajstić information content (AvgIpc) is 2.53. The van der Waals surface area contributed by atoms with Crippen LogP contribution in [0.15, 0.2) is 6.07 Å². The van der Waals surface area contributed by atoms with Crippen molar-refractivity contribution in [1.82, 2.24) is 0 Å². The maximum Gasteiger partial charge on any atom is 4.00 e. The fourth-order valence-electron chi connectivity index (χ4n) is 0.180. The summed E-state index contributed by atoms with van der Waals surface area (Å²) < 4.78 is 0. The van der Waals surface area contributed by atoms with E-state index in [1.165, 1.54) is 0 Å². The molecule has 0 bridgehead atoms. The van der Waals surface area contributed by atoms with Gasteiger partial charge in [-0.15, -0.1) is 18.3 Å². The van der Waals surface area contributed by atoms with E-state index in [4.69, 9.17) is 0 Å². The minimum absolute atomic E-state index is 0. The molecule has 1 aromatic carbocycles. The minimum Gasteiger partial charge on any atom is -0.999 e. The molecule has 18 heavy (non-hydrogen) atoms. The third-order valence-electron chi connectivity index (χ3n) is 0.351. The molecule has 0 aromatic heterocycles. The van der Waals surface area contributed by atoms with E-state index in [1.807, 2.05) is 0 Å². The van der Waals surface area contributed by atoms with Gasteiger partial charge in [-0.05, 0) is 0 Å². The first-order chi connectivity index (χ1) is 7.70. The van der Waals surface area contributed by atoms with Crippen LogP contribution in [0, 0.1) is 24.3 Å². The monoisotopic (exact) mass is 328 g/mol. The molecule has 104 valence electrons. The molecule has 3 nitrogen and oxygen atoms in total. The Balaban J connectivity index is -0.0000000719. The molecule has 1 aromatic rings. The third kappa shape index (κ3) is 141. The SMILES string of the molecule is CC(C)[O-].CC(C)[O-].CC(C)[O-].[Zr+4].[c-]1[c-][c-][cH-][c-]1. The van der Waals surface area contributed by atoms with Crippen LogP contribution in [0.1, 0.15) is 41.5 Å². The van der Waals surface area contributed by atoms with Crippen LogP contribution < -0.4 is 15.3 Å². The van der Waals surface area contributed by atoms with E-state index in [9.17, 15) is 15.3 Å². The first-order valence-corrected chi connectivity index (χ1v) is 5.50. The van der Waals surface area contributed by atoms with Crippen LogP contribution in [-0.4, -0.2) is 18.3 Å². The predicted octanol–water partition coefficient (Wildman–Crippen LogP) is -0.131. The van der Waals surface area contributed by atoms with Crippen LogP contribution in [0.2, 0.25) is 0 Å². The minimum atomic E-state index is -0.417. The van der Waals surface area contributed by atoms with Gasteiger partial charge in [0.2, 0.25) is 0 Å². The van der Waals surface area contributed by atoms with Crippen molar-refractivity contribution in [2.45, 2.75) is 59.9 Å². The summed E-state index contributed by atoms with van der Waals surface area (Å²) in [5.41, 5.74) is 0. The van der Waals surface area contributed by atoms with Gasteiger partial charge in [-0.2, -0.15) is 0 Å². The maximum absolute atomic E-state index is 9.53. The van der Waals surface area contributed by atoms with Crippen LogP contribution in [-0.2, 0) is 26.2 Å². The predicted molar refractivity (Wildman–Crippen MR) is 62.8 cm³/mol. The van der Waals surface area contributed by atoms with Crippen molar-refractivity contribution < 1.29 is 41.5 Å². The van der Waals surface area contributed by atoms with Crippen LogP contribution in [0.3, 0.4) is 0 Å². The Morgan fingerprint density at radius 2 is 0.833 bits per heavy atom. The summed E-state index contributed by atoms with van der Waals surface area (Å²) in [5.74, 6) is 0. The second-order valence-electron chi connectivity index (χ2n) is 3.83. The van der Waals surface area contributed by atoms with E-state index in [0.717, 1.165) is 0 Å². The fourth-order valence-corrected chi connectivity index (χ4v) is 0.180. The smallest absolute Gasteiger partial charge is 0.999 e. The molecule has 0 spiro atoms. The van der Waals surface area contributed by atoms with E-state index >= 15 is 0 Å². The van der Waals surface area contributed by atoms with Crippen molar-refractivity contribution in [3.8, 4) is 0 Å². The largest absolute Gasteiger partial charge is 4.00 e. The number of rotatable bonds is 0. The van der Waals surface area contributed by atoms with Crippen molar-refractivity contribution in [3.63, 3.8) is 0 Å². The normalized spacial score (nSPS) is 8.22. The molecule has 0 saturated heterocycles. The Kier molecular flexibility index (Phi) is 33.0. The van der Waals surface area contributed by atoms with Crippen LogP contribution in [0.4, 0.5) is 0 Å². The summed E-state index contributed by atoms with van der Waals surface area (Å²) in [6.45, 7) is 9.67. The van der Waals surface area contributed by atoms with Crippen molar-refractivity contribution in [2.24, 2.45) is 0 Å². The number of hydrogen-bond donors (Lipinski definition) is 0. The first kappa shape index (κ1) is 26.6.